The summed E-state index contributed by atoms with van der Waals surface area (Å²) in [6.45, 7) is 4.06. The number of nitrogen functional groups attached to an aromatic ring is 1. The fourth-order valence-corrected chi connectivity index (χ4v) is 2.04. The number of nitrogens with zero attached hydrogens (tertiary/aromatic N) is 3. The molecule has 0 aliphatic carbocycles. The molecule has 1 aliphatic heterocycles. The first-order valence-electron chi connectivity index (χ1n) is 5.87. The number of hydrogen-bond donors (Lipinski definition) is 2. The van der Waals surface area contributed by atoms with Crippen LogP contribution in [0.3, 0.4) is 0 Å². The van der Waals surface area contributed by atoms with Gasteiger partial charge in [-0.25, -0.2) is 10.8 Å². The van der Waals surface area contributed by atoms with Gasteiger partial charge in [0.05, 0.1) is 0 Å². The van der Waals surface area contributed by atoms with Crippen LogP contribution < -0.4 is 16.2 Å². The van der Waals surface area contributed by atoms with Gasteiger partial charge < -0.3 is 10.3 Å². The second-order valence-corrected chi connectivity index (χ2v) is 4.24. The number of nitrogens with one attached hydrogen (secondary N) is 1. The van der Waals surface area contributed by atoms with Crippen molar-refractivity contribution in [1.82, 2.24) is 9.97 Å². The Kier molecular flexibility index (Phi) is 3.56. The van der Waals surface area contributed by atoms with Crippen molar-refractivity contribution in [1.29, 1.82) is 0 Å². The van der Waals surface area contributed by atoms with E-state index < -0.39 is 0 Å². The van der Waals surface area contributed by atoms with Crippen LogP contribution in [0.1, 0.15) is 31.4 Å². The molecule has 0 amide bonds. The second kappa shape index (κ2) is 5.12. The molecule has 0 bridgehead atoms. The molecule has 0 saturated carbocycles. The first-order chi connectivity index (χ1) is 7.79. The molecule has 5 heteroatoms. The molecule has 1 aliphatic rings. The first kappa shape index (κ1) is 11.1. The monoisotopic (exact) mass is 221 g/mol. The van der Waals surface area contributed by atoms with Crippen LogP contribution in [0.25, 0.3) is 0 Å². The maximum Gasteiger partial charge on any atom is 0.227 e. The Balaban J connectivity index is 2.20. The third-order valence-corrected chi connectivity index (χ3v) is 2.88. The Morgan fingerprint density at radius 1 is 1.19 bits per heavy atom. The van der Waals surface area contributed by atoms with E-state index in [4.69, 9.17) is 5.84 Å². The minimum atomic E-state index is 0.687. The SMILES string of the molecule is Cc1cc(NN)nc(N2CCCCCC2)n1. The summed E-state index contributed by atoms with van der Waals surface area (Å²) >= 11 is 0. The Hall–Kier alpha value is -1.36. The lowest BCUT2D eigenvalue weighted by molar-refractivity contribution is 0.726. The summed E-state index contributed by atoms with van der Waals surface area (Å²) in [4.78, 5) is 11.1. The Bertz CT molecular complexity index is 344. The highest BCUT2D eigenvalue weighted by molar-refractivity contribution is 5.42. The third-order valence-electron chi connectivity index (χ3n) is 2.88. The van der Waals surface area contributed by atoms with Gasteiger partial charge in [0.15, 0.2) is 0 Å². The fourth-order valence-electron chi connectivity index (χ4n) is 2.04. The molecular weight excluding hydrogens is 202 g/mol. The van der Waals surface area contributed by atoms with E-state index in [1.807, 2.05) is 13.0 Å². The fraction of sp³-hybridized carbons (Fsp3) is 0.636. The van der Waals surface area contributed by atoms with Crippen molar-refractivity contribution >= 4 is 11.8 Å². The smallest absolute Gasteiger partial charge is 0.227 e. The van der Waals surface area contributed by atoms with E-state index in [1.165, 1.54) is 25.7 Å². The first-order valence-corrected chi connectivity index (χ1v) is 5.87. The summed E-state index contributed by atoms with van der Waals surface area (Å²) in [7, 11) is 0. The molecule has 1 fully saturated rings. The normalized spacial score (nSPS) is 17.0. The van der Waals surface area contributed by atoms with Crippen LogP contribution >= 0.6 is 0 Å². The lowest BCUT2D eigenvalue weighted by Crippen LogP contribution is -2.26. The van der Waals surface area contributed by atoms with Crippen LogP contribution in [-0.2, 0) is 0 Å². The number of nitrogens with two attached hydrogens (primary N) is 1. The molecule has 0 atom stereocenters. The van der Waals surface area contributed by atoms with Crippen LogP contribution in [0.15, 0.2) is 6.07 Å². The van der Waals surface area contributed by atoms with E-state index in [2.05, 4.69) is 20.3 Å². The van der Waals surface area contributed by atoms with Crippen molar-refractivity contribution in [3.8, 4) is 0 Å². The third kappa shape index (κ3) is 2.61. The molecule has 1 aromatic rings. The van der Waals surface area contributed by atoms with Gasteiger partial charge in [-0.1, -0.05) is 12.8 Å². The summed E-state index contributed by atoms with van der Waals surface area (Å²) in [5.74, 6) is 6.88. The van der Waals surface area contributed by atoms with Crippen LogP contribution in [0.4, 0.5) is 11.8 Å². The van der Waals surface area contributed by atoms with Crippen LogP contribution in [0, 0.1) is 6.92 Å². The van der Waals surface area contributed by atoms with E-state index in [1.54, 1.807) is 0 Å². The van der Waals surface area contributed by atoms with E-state index >= 15 is 0 Å². The lowest BCUT2D eigenvalue weighted by Gasteiger charge is -2.20. The molecule has 5 nitrogen and oxygen atoms in total. The lowest BCUT2D eigenvalue weighted by atomic mass is 10.2. The van der Waals surface area contributed by atoms with Gasteiger partial charge in [0.2, 0.25) is 5.95 Å². The molecule has 1 saturated heterocycles. The number of hydrogen-bond acceptors (Lipinski definition) is 5. The molecule has 2 heterocycles. The van der Waals surface area contributed by atoms with E-state index in [0.29, 0.717) is 5.82 Å². The van der Waals surface area contributed by atoms with Gasteiger partial charge in [-0.15, -0.1) is 0 Å². The van der Waals surface area contributed by atoms with Gasteiger partial charge in [0, 0.05) is 24.8 Å². The maximum atomic E-state index is 5.39. The van der Waals surface area contributed by atoms with E-state index in [9.17, 15) is 0 Å². The van der Waals surface area contributed by atoms with Crippen LogP contribution in [0.5, 0.6) is 0 Å². The Labute approximate surface area is 96.0 Å². The van der Waals surface area contributed by atoms with Gasteiger partial charge in [0.1, 0.15) is 5.82 Å². The Morgan fingerprint density at radius 2 is 1.88 bits per heavy atom. The summed E-state index contributed by atoms with van der Waals surface area (Å²) in [5.41, 5.74) is 3.53. The molecular formula is C11H19N5. The van der Waals surface area contributed by atoms with E-state index in [0.717, 1.165) is 24.7 Å². The van der Waals surface area contributed by atoms with Crippen molar-refractivity contribution in [3.05, 3.63) is 11.8 Å². The van der Waals surface area contributed by atoms with Crippen molar-refractivity contribution in [2.75, 3.05) is 23.4 Å². The molecule has 16 heavy (non-hydrogen) atoms. The average molecular weight is 221 g/mol. The molecule has 0 unspecified atom stereocenters. The molecule has 2 rings (SSSR count). The van der Waals surface area contributed by atoms with Gasteiger partial charge >= 0.3 is 0 Å². The van der Waals surface area contributed by atoms with Gasteiger partial charge in [0.25, 0.3) is 0 Å². The zero-order chi connectivity index (χ0) is 11.4. The minimum absolute atomic E-state index is 0.687. The van der Waals surface area contributed by atoms with Crippen molar-refractivity contribution < 1.29 is 0 Å². The molecule has 88 valence electrons. The highest BCUT2D eigenvalue weighted by atomic mass is 15.3. The van der Waals surface area contributed by atoms with Crippen molar-refractivity contribution in [3.63, 3.8) is 0 Å². The standard InChI is InChI=1S/C11H19N5/c1-9-8-10(15-12)14-11(13-9)16-6-4-2-3-5-7-16/h8H,2-7,12H2,1H3,(H,13,14,15). The number of hydrazine groups is 1. The van der Waals surface area contributed by atoms with Crippen LogP contribution in [-0.4, -0.2) is 23.1 Å². The zero-order valence-electron chi connectivity index (χ0n) is 9.74. The van der Waals surface area contributed by atoms with Gasteiger partial charge in [-0.2, -0.15) is 4.98 Å². The number of anilines is 2. The van der Waals surface area contributed by atoms with Gasteiger partial charge in [-0.05, 0) is 19.8 Å². The predicted molar refractivity (Wildman–Crippen MR) is 65.3 cm³/mol. The molecule has 0 aromatic carbocycles. The zero-order valence-corrected chi connectivity index (χ0v) is 9.74. The summed E-state index contributed by atoms with van der Waals surface area (Å²) in [6.07, 6.45) is 5.07. The predicted octanol–water partition coefficient (Wildman–Crippen LogP) is 1.45. The molecule has 1 aromatic heterocycles. The molecule has 0 spiro atoms. The summed E-state index contributed by atoms with van der Waals surface area (Å²) in [5, 5.41) is 0. The highest BCUT2D eigenvalue weighted by Gasteiger charge is 2.13. The van der Waals surface area contributed by atoms with Gasteiger partial charge in [-0.3, -0.25) is 0 Å². The van der Waals surface area contributed by atoms with E-state index in [-0.39, 0.29) is 0 Å². The second-order valence-electron chi connectivity index (χ2n) is 4.24. The number of rotatable bonds is 2. The number of aryl methyl sites for hydroxylation is 1. The molecule has 3 N–H and O–H groups in total. The Morgan fingerprint density at radius 3 is 2.50 bits per heavy atom. The van der Waals surface area contributed by atoms with Crippen LogP contribution in [0.2, 0.25) is 0 Å². The molecule has 0 radical (unpaired) electrons. The number of aromatic nitrogens is 2. The minimum Gasteiger partial charge on any atom is -0.341 e. The van der Waals surface area contributed by atoms with Crippen molar-refractivity contribution in [2.24, 2.45) is 5.84 Å². The summed E-state index contributed by atoms with van der Waals surface area (Å²) in [6, 6.07) is 1.85. The maximum absolute atomic E-state index is 5.39. The largest absolute Gasteiger partial charge is 0.341 e. The van der Waals surface area contributed by atoms with Crippen molar-refractivity contribution in [2.45, 2.75) is 32.6 Å². The average Bonchev–Trinajstić information content (AvgIpc) is 2.56. The topological polar surface area (TPSA) is 67.1 Å². The quantitative estimate of drug-likeness (QED) is 0.584. The highest BCUT2D eigenvalue weighted by Crippen LogP contribution is 2.17. The summed E-state index contributed by atoms with van der Waals surface area (Å²) < 4.78 is 0.